The molecule has 1 unspecified atom stereocenters. The van der Waals surface area contributed by atoms with Crippen LogP contribution in [0.15, 0.2) is 17.0 Å². The molecule has 118 valence electrons. The predicted octanol–water partition coefficient (Wildman–Crippen LogP) is 2.18. The number of hydrogen-bond acceptors (Lipinski definition) is 3. The van der Waals surface area contributed by atoms with Crippen LogP contribution in [0.2, 0.25) is 0 Å². The third-order valence-electron chi connectivity index (χ3n) is 4.26. The summed E-state index contributed by atoms with van der Waals surface area (Å²) < 4.78 is 41.3. The zero-order valence-corrected chi connectivity index (χ0v) is 13.8. The van der Waals surface area contributed by atoms with Gasteiger partial charge in [0.25, 0.3) is 0 Å². The lowest BCUT2D eigenvalue weighted by molar-refractivity contribution is 0.536. The van der Waals surface area contributed by atoms with E-state index in [2.05, 4.69) is 23.9 Å². The molecule has 0 aromatic heterocycles. The molecule has 2 rings (SSSR count). The van der Waals surface area contributed by atoms with Gasteiger partial charge in [-0.05, 0) is 49.4 Å². The van der Waals surface area contributed by atoms with Gasteiger partial charge in [-0.1, -0.05) is 13.8 Å². The normalized spacial score (nSPS) is 20.5. The van der Waals surface area contributed by atoms with Gasteiger partial charge in [0.2, 0.25) is 10.0 Å². The van der Waals surface area contributed by atoms with Gasteiger partial charge in [0.05, 0.1) is 4.90 Å². The van der Waals surface area contributed by atoms with E-state index >= 15 is 0 Å². The van der Waals surface area contributed by atoms with E-state index in [0.29, 0.717) is 24.6 Å². The Kier molecular flexibility index (Phi) is 4.42. The van der Waals surface area contributed by atoms with Crippen LogP contribution in [0.1, 0.15) is 31.4 Å². The first kappa shape index (κ1) is 16.4. The summed E-state index contributed by atoms with van der Waals surface area (Å²) in [5.74, 6) is -0.132. The van der Waals surface area contributed by atoms with Crippen LogP contribution in [0.25, 0.3) is 0 Å². The molecule has 1 aromatic rings. The molecule has 0 heterocycles. The highest BCUT2D eigenvalue weighted by atomic mass is 32.2. The summed E-state index contributed by atoms with van der Waals surface area (Å²) in [6.45, 7) is 6.56. The van der Waals surface area contributed by atoms with Crippen LogP contribution in [-0.2, 0) is 16.6 Å². The number of nitrogens with one attached hydrogen (secondary N) is 2. The highest BCUT2D eigenvalue weighted by Crippen LogP contribution is 2.51. The van der Waals surface area contributed by atoms with Crippen molar-refractivity contribution in [2.24, 2.45) is 11.3 Å². The molecular formula is C15H23FN2O2S. The van der Waals surface area contributed by atoms with E-state index in [0.717, 1.165) is 6.42 Å². The van der Waals surface area contributed by atoms with Crippen LogP contribution in [-0.4, -0.2) is 22.0 Å². The Morgan fingerprint density at radius 1 is 1.38 bits per heavy atom. The lowest BCUT2D eigenvalue weighted by Gasteiger charge is -2.12. The summed E-state index contributed by atoms with van der Waals surface area (Å²) in [4.78, 5) is 0.0335. The first-order valence-electron chi connectivity index (χ1n) is 7.10. The second-order valence-corrected chi connectivity index (χ2v) is 8.21. The van der Waals surface area contributed by atoms with Crippen molar-refractivity contribution < 1.29 is 12.8 Å². The van der Waals surface area contributed by atoms with Gasteiger partial charge in [-0.15, -0.1) is 0 Å². The maximum atomic E-state index is 13.9. The molecule has 0 aliphatic heterocycles. The smallest absolute Gasteiger partial charge is 0.240 e. The number of hydrogen-bond donors (Lipinski definition) is 2. The second-order valence-electron chi connectivity index (χ2n) is 6.47. The SMILES string of the molecule is CNCc1cc(F)c(C)c(S(=O)(=O)NCC2CC2(C)C)c1. The molecule has 2 N–H and O–H groups in total. The van der Waals surface area contributed by atoms with Gasteiger partial charge in [-0.3, -0.25) is 0 Å². The van der Waals surface area contributed by atoms with Crippen LogP contribution in [0.3, 0.4) is 0 Å². The summed E-state index contributed by atoms with van der Waals surface area (Å²) >= 11 is 0. The molecule has 6 heteroatoms. The fraction of sp³-hybridized carbons (Fsp3) is 0.600. The van der Waals surface area contributed by atoms with Crippen LogP contribution < -0.4 is 10.0 Å². The molecule has 1 aliphatic carbocycles. The van der Waals surface area contributed by atoms with Crippen LogP contribution in [0, 0.1) is 24.1 Å². The third kappa shape index (κ3) is 3.62. The van der Waals surface area contributed by atoms with Crippen LogP contribution in [0.4, 0.5) is 4.39 Å². The van der Waals surface area contributed by atoms with E-state index in [9.17, 15) is 12.8 Å². The van der Waals surface area contributed by atoms with E-state index in [-0.39, 0.29) is 15.9 Å². The number of benzene rings is 1. The van der Waals surface area contributed by atoms with Crippen molar-refractivity contribution in [2.75, 3.05) is 13.6 Å². The van der Waals surface area contributed by atoms with Crippen molar-refractivity contribution in [3.63, 3.8) is 0 Å². The Morgan fingerprint density at radius 2 is 2.00 bits per heavy atom. The largest absolute Gasteiger partial charge is 0.316 e. The zero-order chi connectivity index (χ0) is 15.8. The fourth-order valence-corrected chi connectivity index (χ4v) is 3.89. The maximum absolute atomic E-state index is 13.9. The Bertz CT molecular complexity index is 641. The van der Waals surface area contributed by atoms with Crippen molar-refractivity contribution in [3.05, 3.63) is 29.1 Å². The number of sulfonamides is 1. The Balaban J connectivity index is 2.22. The second kappa shape index (κ2) is 5.66. The summed E-state index contributed by atoms with van der Waals surface area (Å²) in [7, 11) is -1.94. The van der Waals surface area contributed by atoms with Crippen molar-refractivity contribution in [1.82, 2.24) is 10.0 Å². The predicted molar refractivity (Wildman–Crippen MR) is 81.0 cm³/mol. The molecule has 0 bridgehead atoms. The summed E-state index contributed by atoms with van der Waals surface area (Å²) in [6, 6.07) is 2.91. The van der Waals surface area contributed by atoms with Gasteiger partial charge >= 0.3 is 0 Å². The van der Waals surface area contributed by atoms with Crippen molar-refractivity contribution in [1.29, 1.82) is 0 Å². The Morgan fingerprint density at radius 3 is 2.52 bits per heavy atom. The van der Waals surface area contributed by atoms with Gasteiger partial charge in [0.1, 0.15) is 5.82 Å². The molecule has 0 radical (unpaired) electrons. The minimum absolute atomic E-state index is 0.0335. The minimum Gasteiger partial charge on any atom is -0.316 e. The Labute approximate surface area is 126 Å². The average molecular weight is 314 g/mol. The van der Waals surface area contributed by atoms with Gasteiger partial charge in [-0.25, -0.2) is 17.5 Å². The minimum atomic E-state index is -3.68. The molecule has 0 amide bonds. The molecule has 4 nitrogen and oxygen atoms in total. The lowest BCUT2D eigenvalue weighted by Crippen LogP contribution is -2.28. The zero-order valence-electron chi connectivity index (χ0n) is 13.0. The number of halogens is 1. The molecule has 1 fully saturated rings. The summed E-state index contributed by atoms with van der Waals surface area (Å²) in [5, 5.41) is 2.90. The quantitative estimate of drug-likeness (QED) is 0.846. The summed E-state index contributed by atoms with van der Waals surface area (Å²) in [6.07, 6.45) is 1.02. The molecule has 21 heavy (non-hydrogen) atoms. The monoisotopic (exact) mass is 314 g/mol. The van der Waals surface area contributed by atoms with Crippen molar-refractivity contribution in [3.8, 4) is 0 Å². The fourth-order valence-electron chi connectivity index (χ4n) is 2.50. The topological polar surface area (TPSA) is 58.2 Å². The Hall–Kier alpha value is -0.980. The average Bonchev–Trinajstić information content (AvgIpc) is 2.99. The molecule has 1 saturated carbocycles. The van der Waals surface area contributed by atoms with E-state index in [4.69, 9.17) is 0 Å². The van der Waals surface area contributed by atoms with Crippen molar-refractivity contribution >= 4 is 10.0 Å². The standard InChI is InChI=1S/C15H23FN2O2S/c1-10-13(16)5-11(8-17-4)6-14(10)21(19,20)18-9-12-7-15(12,2)3/h5-6,12,17-18H,7-9H2,1-4H3. The summed E-state index contributed by atoms with van der Waals surface area (Å²) in [5.41, 5.74) is 0.988. The first-order chi connectivity index (χ1) is 9.67. The molecule has 1 aliphatic rings. The van der Waals surface area contributed by atoms with E-state index in [1.165, 1.54) is 19.1 Å². The highest BCUT2D eigenvalue weighted by molar-refractivity contribution is 7.89. The van der Waals surface area contributed by atoms with E-state index < -0.39 is 15.8 Å². The lowest BCUT2D eigenvalue weighted by atomic mass is 10.1. The molecule has 0 saturated heterocycles. The van der Waals surface area contributed by atoms with Gasteiger partial charge < -0.3 is 5.32 Å². The van der Waals surface area contributed by atoms with Gasteiger partial charge in [0.15, 0.2) is 0 Å². The van der Waals surface area contributed by atoms with Crippen molar-refractivity contribution in [2.45, 2.75) is 38.6 Å². The number of rotatable bonds is 6. The van der Waals surface area contributed by atoms with Gasteiger partial charge in [0, 0.05) is 18.7 Å². The highest BCUT2D eigenvalue weighted by Gasteiger charge is 2.45. The van der Waals surface area contributed by atoms with Gasteiger partial charge in [-0.2, -0.15) is 0 Å². The maximum Gasteiger partial charge on any atom is 0.240 e. The van der Waals surface area contributed by atoms with E-state index in [1.807, 2.05) is 0 Å². The first-order valence-corrected chi connectivity index (χ1v) is 8.59. The molecule has 1 atom stereocenters. The molecule has 1 aromatic carbocycles. The molecule has 0 spiro atoms. The van der Waals surface area contributed by atoms with Crippen LogP contribution in [0.5, 0.6) is 0 Å². The van der Waals surface area contributed by atoms with Crippen LogP contribution >= 0.6 is 0 Å². The third-order valence-corrected chi connectivity index (χ3v) is 5.81. The van der Waals surface area contributed by atoms with E-state index in [1.54, 1.807) is 7.05 Å². The molecular weight excluding hydrogens is 291 g/mol.